The molecule has 2 heterocycles. The molecule has 0 atom stereocenters. The van der Waals surface area contributed by atoms with Crippen LogP contribution in [0.1, 0.15) is 23.7 Å². The van der Waals surface area contributed by atoms with Crippen molar-refractivity contribution in [2.24, 2.45) is 0 Å². The fraction of sp³-hybridized carbons (Fsp3) is 0.318. The number of aromatic amines is 1. The zero-order valence-corrected chi connectivity index (χ0v) is 17.7. The van der Waals surface area contributed by atoms with Crippen LogP contribution in [0.2, 0.25) is 5.02 Å². The number of methoxy groups -OCH3 is 1. The molecule has 0 fully saturated rings. The van der Waals surface area contributed by atoms with Crippen molar-refractivity contribution in [1.29, 1.82) is 0 Å². The van der Waals surface area contributed by atoms with Crippen molar-refractivity contribution in [3.8, 4) is 34.3 Å². The number of phenolic OH excluding ortho intramolecular Hbond substituents is 2. The number of H-pyrrole nitrogens is 1. The van der Waals surface area contributed by atoms with Gasteiger partial charge in [-0.15, -0.1) is 0 Å². The van der Waals surface area contributed by atoms with E-state index in [2.05, 4.69) is 15.1 Å². The Bertz CT molecular complexity index is 1070. The number of hydrogen-bond donors (Lipinski definition) is 3. The molecule has 4 rings (SSSR count). The molecular weight excluding hydrogens is 406 g/mol. The van der Waals surface area contributed by atoms with Gasteiger partial charge in [-0.2, -0.15) is 5.10 Å². The van der Waals surface area contributed by atoms with E-state index in [-0.39, 0.29) is 16.5 Å². The van der Waals surface area contributed by atoms with Crippen molar-refractivity contribution in [3.63, 3.8) is 0 Å². The first-order valence-electron chi connectivity index (χ1n) is 9.80. The molecule has 3 aromatic rings. The summed E-state index contributed by atoms with van der Waals surface area (Å²) in [5, 5.41) is 27.7. The van der Waals surface area contributed by atoms with Crippen LogP contribution in [0.15, 0.2) is 30.3 Å². The number of nitrogens with one attached hydrogen (secondary N) is 1. The predicted molar refractivity (Wildman–Crippen MR) is 114 cm³/mol. The van der Waals surface area contributed by atoms with Crippen molar-refractivity contribution < 1.29 is 19.7 Å². The number of hydrogen-bond acceptors (Lipinski definition) is 6. The number of nitrogens with zero attached hydrogens (tertiary/aromatic N) is 2. The van der Waals surface area contributed by atoms with E-state index in [0.717, 1.165) is 47.8 Å². The third kappa shape index (κ3) is 3.91. The zero-order valence-electron chi connectivity index (χ0n) is 16.9. The lowest BCUT2D eigenvalue weighted by atomic mass is 9.99. The molecule has 0 saturated carbocycles. The van der Waals surface area contributed by atoms with Gasteiger partial charge in [0.25, 0.3) is 0 Å². The molecule has 0 amide bonds. The molecule has 0 spiro atoms. The smallest absolute Gasteiger partial charge is 0.161 e. The van der Waals surface area contributed by atoms with Gasteiger partial charge in [-0.1, -0.05) is 17.7 Å². The monoisotopic (exact) mass is 429 g/mol. The first-order valence-corrected chi connectivity index (χ1v) is 10.2. The SMILES string of the molecule is CCOc1cc(CN2CCc3[nH]nc(-c4cc(Cl)c(O)cc4O)c3C2)ccc1OC. The van der Waals surface area contributed by atoms with Gasteiger partial charge in [-0.25, -0.2) is 0 Å². The fourth-order valence-corrected chi connectivity index (χ4v) is 3.96. The van der Waals surface area contributed by atoms with E-state index in [1.54, 1.807) is 13.2 Å². The van der Waals surface area contributed by atoms with E-state index in [1.807, 2.05) is 25.1 Å². The summed E-state index contributed by atoms with van der Waals surface area (Å²) >= 11 is 6.06. The van der Waals surface area contributed by atoms with Gasteiger partial charge < -0.3 is 19.7 Å². The third-order valence-electron chi connectivity index (χ3n) is 5.27. The Hall–Kier alpha value is -2.90. The highest BCUT2D eigenvalue weighted by Crippen LogP contribution is 2.39. The number of ether oxygens (including phenoxy) is 2. The maximum absolute atomic E-state index is 10.3. The number of halogens is 1. The van der Waals surface area contributed by atoms with Crippen LogP contribution in [0.4, 0.5) is 0 Å². The summed E-state index contributed by atoms with van der Waals surface area (Å²) in [6, 6.07) is 8.76. The van der Waals surface area contributed by atoms with Gasteiger partial charge in [-0.05, 0) is 30.7 Å². The molecule has 1 aromatic heterocycles. The normalized spacial score (nSPS) is 13.8. The van der Waals surface area contributed by atoms with E-state index in [4.69, 9.17) is 21.1 Å². The predicted octanol–water partition coefficient (Wildman–Crippen LogP) is 4.11. The molecule has 1 aliphatic heterocycles. The number of rotatable bonds is 6. The van der Waals surface area contributed by atoms with Crippen molar-refractivity contribution in [1.82, 2.24) is 15.1 Å². The molecule has 158 valence electrons. The van der Waals surface area contributed by atoms with Gasteiger partial charge in [0, 0.05) is 48.9 Å². The van der Waals surface area contributed by atoms with Crippen LogP contribution in [-0.4, -0.2) is 45.6 Å². The fourth-order valence-electron chi connectivity index (χ4n) is 3.80. The van der Waals surface area contributed by atoms with Crippen LogP contribution < -0.4 is 9.47 Å². The third-order valence-corrected chi connectivity index (χ3v) is 5.57. The summed E-state index contributed by atoms with van der Waals surface area (Å²) in [5.41, 5.74) is 4.36. The maximum atomic E-state index is 10.3. The molecule has 0 aliphatic carbocycles. The van der Waals surface area contributed by atoms with Crippen LogP contribution in [0.3, 0.4) is 0 Å². The molecule has 0 unspecified atom stereocenters. The van der Waals surface area contributed by atoms with E-state index >= 15 is 0 Å². The summed E-state index contributed by atoms with van der Waals surface area (Å²) in [6.45, 7) is 4.83. The van der Waals surface area contributed by atoms with Crippen molar-refractivity contribution >= 4 is 11.6 Å². The highest BCUT2D eigenvalue weighted by molar-refractivity contribution is 6.32. The van der Waals surface area contributed by atoms with Crippen LogP contribution in [0.5, 0.6) is 23.0 Å². The topological polar surface area (TPSA) is 90.8 Å². The number of phenols is 2. The van der Waals surface area contributed by atoms with Crippen molar-refractivity contribution in [2.45, 2.75) is 26.4 Å². The Labute approximate surface area is 179 Å². The summed E-state index contributed by atoms with van der Waals surface area (Å²) in [5.74, 6) is 1.24. The second-order valence-corrected chi connectivity index (χ2v) is 7.64. The average molecular weight is 430 g/mol. The molecule has 7 nitrogen and oxygen atoms in total. The maximum Gasteiger partial charge on any atom is 0.161 e. The molecular formula is C22H24ClN3O4. The highest BCUT2D eigenvalue weighted by atomic mass is 35.5. The van der Waals surface area contributed by atoms with E-state index in [9.17, 15) is 10.2 Å². The van der Waals surface area contributed by atoms with E-state index in [0.29, 0.717) is 24.4 Å². The number of aromatic nitrogens is 2. The summed E-state index contributed by atoms with van der Waals surface area (Å²) < 4.78 is 11.1. The van der Waals surface area contributed by atoms with E-state index < -0.39 is 0 Å². The zero-order chi connectivity index (χ0) is 21.3. The van der Waals surface area contributed by atoms with Gasteiger partial charge in [0.05, 0.1) is 18.7 Å². The quantitative estimate of drug-likeness (QED) is 0.546. The molecule has 1 aliphatic rings. The average Bonchev–Trinajstić information content (AvgIpc) is 3.14. The standard InChI is InChI=1S/C22H24ClN3O4/c1-3-30-21-8-13(4-5-20(21)29-2)11-26-7-6-17-15(12-26)22(25-24-17)14-9-16(23)19(28)10-18(14)27/h4-5,8-10,27-28H,3,6-7,11-12H2,1-2H3,(H,24,25). The molecule has 8 heteroatoms. The van der Waals surface area contributed by atoms with E-state index in [1.165, 1.54) is 6.07 Å². The molecule has 30 heavy (non-hydrogen) atoms. The molecule has 0 bridgehead atoms. The summed E-state index contributed by atoms with van der Waals surface area (Å²) in [4.78, 5) is 2.32. The second-order valence-electron chi connectivity index (χ2n) is 7.23. The van der Waals surface area contributed by atoms with Crippen LogP contribution in [0, 0.1) is 0 Å². The van der Waals surface area contributed by atoms with Crippen molar-refractivity contribution in [2.75, 3.05) is 20.3 Å². The Morgan fingerprint density at radius 3 is 2.77 bits per heavy atom. The van der Waals surface area contributed by atoms with Gasteiger partial charge in [-0.3, -0.25) is 10.00 Å². The Kier molecular flexibility index (Phi) is 5.74. The lowest BCUT2D eigenvalue weighted by Crippen LogP contribution is -2.30. The Morgan fingerprint density at radius 2 is 2.00 bits per heavy atom. The van der Waals surface area contributed by atoms with Gasteiger partial charge >= 0.3 is 0 Å². The number of aromatic hydroxyl groups is 2. The van der Waals surface area contributed by atoms with Crippen molar-refractivity contribution in [3.05, 3.63) is 52.2 Å². The molecule has 0 saturated heterocycles. The minimum absolute atomic E-state index is 0.0557. The van der Waals surface area contributed by atoms with Gasteiger partial charge in [0.2, 0.25) is 0 Å². The molecule has 2 aromatic carbocycles. The number of benzene rings is 2. The van der Waals surface area contributed by atoms with Gasteiger partial charge in [0.1, 0.15) is 17.2 Å². The Morgan fingerprint density at radius 1 is 1.17 bits per heavy atom. The summed E-state index contributed by atoms with van der Waals surface area (Å²) in [6.07, 6.45) is 0.823. The lowest BCUT2D eigenvalue weighted by molar-refractivity contribution is 0.244. The number of fused-ring (bicyclic) bond motifs is 1. The first kappa shape index (κ1) is 20.4. The second kappa shape index (κ2) is 8.45. The lowest BCUT2D eigenvalue weighted by Gasteiger charge is -2.27. The molecule has 0 radical (unpaired) electrons. The largest absolute Gasteiger partial charge is 0.507 e. The van der Waals surface area contributed by atoms with Crippen LogP contribution >= 0.6 is 11.6 Å². The van der Waals surface area contributed by atoms with Crippen LogP contribution in [-0.2, 0) is 19.5 Å². The Balaban J connectivity index is 1.58. The minimum Gasteiger partial charge on any atom is -0.507 e. The molecule has 3 N–H and O–H groups in total. The highest BCUT2D eigenvalue weighted by Gasteiger charge is 2.25. The first-order chi connectivity index (χ1) is 14.5. The minimum atomic E-state index is -0.159. The summed E-state index contributed by atoms with van der Waals surface area (Å²) in [7, 11) is 1.63. The van der Waals surface area contributed by atoms with Gasteiger partial charge in [0.15, 0.2) is 11.5 Å². The van der Waals surface area contributed by atoms with Crippen LogP contribution in [0.25, 0.3) is 11.3 Å².